The van der Waals surface area contributed by atoms with Crippen molar-refractivity contribution in [2.24, 2.45) is 0 Å². The fraction of sp³-hybridized carbons (Fsp3) is 0.0625. The van der Waals surface area contributed by atoms with Crippen LogP contribution in [-0.2, 0) is 0 Å². The molecule has 0 aliphatic rings. The van der Waals surface area contributed by atoms with E-state index >= 15 is 0 Å². The quantitative estimate of drug-likeness (QED) is 0.249. The molecule has 0 heterocycles. The third kappa shape index (κ3) is 4.58. The molecular formula is C32H27O3P. The van der Waals surface area contributed by atoms with Gasteiger partial charge in [0.15, 0.2) is 0 Å². The van der Waals surface area contributed by atoms with Gasteiger partial charge in [-0.1, -0.05) is 97.1 Å². The third-order valence-corrected chi connectivity index (χ3v) is 7.63. The van der Waals surface area contributed by atoms with E-state index in [2.05, 4.69) is 72.8 Å². The van der Waals surface area contributed by atoms with Crippen LogP contribution in [0.1, 0.15) is 0 Å². The summed E-state index contributed by atoms with van der Waals surface area (Å²) in [5.74, 6) is 1.74. The molecule has 0 amide bonds. The molecule has 1 unspecified atom stereocenters. The van der Waals surface area contributed by atoms with E-state index in [0.29, 0.717) is 0 Å². The number of aromatic hydroxyl groups is 1. The van der Waals surface area contributed by atoms with Crippen LogP contribution < -0.4 is 20.1 Å². The number of ether oxygens (including phenoxy) is 2. The first-order valence-electron chi connectivity index (χ1n) is 11.8. The largest absolute Gasteiger partial charge is 0.507 e. The normalized spacial score (nSPS) is 11.1. The fourth-order valence-electron chi connectivity index (χ4n) is 4.54. The SMILES string of the molecule is COc1ccc(-c2c(-c3ccccc3)cccc2-c2ccccc2)c(OC)c1Pc1ccccc1O. The van der Waals surface area contributed by atoms with Gasteiger partial charge in [0.1, 0.15) is 17.2 Å². The van der Waals surface area contributed by atoms with Crippen LogP contribution in [0, 0.1) is 0 Å². The van der Waals surface area contributed by atoms with Gasteiger partial charge >= 0.3 is 0 Å². The van der Waals surface area contributed by atoms with E-state index in [1.54, 1.807) is 20.3 Å². The first-order chi connectivity index (χ1) is 17.7. The Bertz CT molecular complexity index is 1420. The van der Waals surface area contributed by atoms with E-state index in [1.807, 2.05) is 36.4 Å². The number of rotatable bonds is 7. The van der Waals surface area contributed by atoms with Gasteiger partial charge < -0.3 is 14.6 Å². The molecule has 5 aromatic rings. The zero-order valence-corrected chi connectivity index (χ0v) is 21.2. The summed E-state index contributed by atoms with van der Waals surface area (Å²) in [5, 5.41) is 12.3. The molecule has 0 aliphatic heterocycles. The van der Waals surface area contributed by atoms with Crippen molar-refractivity contribution in [3.63, 3.8) is 0 Å². The van der Waals surface area contributed by atoms with E-state index in [-0.39, 0.29) is 14.3 Å². The Balaban J connectivity index is 1.80. The number of phenols is 1. The van der Waals surface area contributed by atoms with E-state index < -0.39 is 0 Å². The second-order valence-corrected chi connectivity index (χ2v) is 9.61. The zero-order chi connectivity index (χ0) is 24.9. The molecule has 0 saturated heterocycles. The van der Waals surface area contributed by atoms with Gasteiger partial charge in [0.2, 0.25) is 0 Å². The minimum Gasteiger partial charge on any atom is -0.507 e. The first-order valence-corrected chi connectivity index (χ1v) is 12.8. The van der Waals surface area contributed by atoms with Gasteiger partial charge in [0.05, 0.1) is 19.5 Å². The van der Waals surface area contributed by atoms with E-state index in [0.717, 1.165) is 55.5 Å². The van der Waals surface area contributed by atoms with Crippen LogP contribution in [0.15, 0.2) is 115 Å². The Hall–Kier alpha value is -4.07. The Morgan fingerprint density at radius 3 is 1.69 bits per heavy atom. The van der Waals surface area contributed by atoms with Gasteiger partial charge in [-0.05, 0) is 49.0 Å². The average molecular weight is 491 g/mol. The molecule has 5 aromatic carbocycles. The molecule has 0 bridgehead atoms. The second kappa shape index (κ2) is 10.7. The van der Waals surface area contributed by atoms with Crippen LogP contribution in [-0.4, -0.2) is 19.3 Å². The molecule has 0 aliphatic carbocycles. The lowest BCUT2D eigenvalue weighted by molar-refractivity contribution is 0.402. The summed E-state index contributed by atoms with van der Waals surface area (Å²) < 4.78 is 11.9. The monoisotopic (exact) mass is 490 g/mol. The lowest BCUT2D eigenvalue weighted by Crippen LogP contribution is -2.12. The summed E-state index contributed by atoms with van der Waals surface area (Å²) in [6, 6.07) is 38.7. The van der Waals surface area contributed by atoms with Crippen molar-refractivity contribution >= 4 is 19.2 Å². The predicted molar refractivity (Wildman–Crippen MR) is 152 cm³/mol. The highest BCUT2D eigenvalue weighted by Crippen LogP contribution is 2.45. The van der Waals surface area contributed by atoms with Crippen LogP contribution in [0.5, 0.6) is 17.2 Å². The van der Waals surface area contributed by atoms with E-state index in [4.69, 9.17) is 9.47 Å². The summed E-state index contributed by atoms with van der Waals surface area (Å²) in [7, 11) is 3.52. The predicted octanol–water partition coefficient (Wildman–Crippen LogP) is 7.04. The number of methoxy groups -OCH3 is 2. The summed E-state index contributed by atoms with van der Waals surface area (Å²) >= 11 is 0. The van der Waals surface area contributed by atoms with E-state index in [1.165, 1.54) is 0 Å². The molecule has 178 valence electrons. The molecule has 1 N–H and O–H groups in total. The molecule has 0 fully saturated rings. The molecule has 1 atom stereocenters. The van der Waals surface area contributed by atoms with Crippen LogP contribution in [0.3, 0.4) is 0 Å². The molecule has 0 spiro atoms. The van der Waals surface area contributed by atoms with Crippen molar-refractivity contribution in [3.05, 3.63) is 115 Å². The maximum atomic E-state index is 10.5. The van der Waals surface area contributed by atoms with Crippen molar-refractivity contribution in [1.29, 1.82) is 0 Å². The fourth-order valence-corrected chi connectivity index (χ4v) is 5.85. The van der Waals surface area contributed by atoms with Crippen molar-refractivity contribution in [3.8, 4) is 50.6 Å². The zero-order valence-electron chi connectivity index (χ0n) is 20.2. The van der Waals surface area contributed by atoms with Crippen molar-refractivity contribution in [2.45, 2.75) is 0 Å². The van der Waals surface area contributed by atoms with Gasteiger partial charge in [-0.2, -0.15) is 0 Å². The number of phenolic OH excluding ortho intramolecular Hbond substituents is 1. The molecule has 0 saturated carbocycles. The second-order valence-electron chi connectivity index (χ2n) is 8.33. The smallest absolute Gasteiger partial charge is 0.138 e. The number of hydrogen-bond acceptors (Lipinski definition) is 3. The molecule has 4 heteroatoms. The summed E-state index contributed by atoms with van der Waals surface area (Å²) in [6.45, 7) is 0. The lowest BCUT2D eigenvalue weighted by Gasteiger charge is -2.22. The highest BCUT2D eigenvalue weighted by atomic mass is 31.1. The molecular weight excluding hydrogens is 463 g/mol. The maximum absolute atomic E-state index is 10.5. The van der Waals surface area contributed by atoms with Crippen LogP contribution in [0.4, 0.5) is 0 Å². The third-order valence-electron chi connectivity index (χ3n) is 6.21. The molecule has 5 rings (SSSR count). The highest BCUT2D eigenvalue weighted by Gasteiger charge is 2.22. The summed E-state index contributed by atoms with van der Waals surface area (Å²) in [4.78, 5) is 0. The van der Waals surface area contributed by atoms with Gasteiger partial charge in [-0.3, -0.25) is 0 Å². The van der Waals surface area contributed by atoms with E-state index in [9.17, 15) is 5.11 Å². The Morgan fingerprint density at radius 1 is 0.556 bits per heavy atom. The van der Waals surface area contributed by atoms with Crippen molar-refractivity contribution in [1.82, 2.24) is 0 Å². The summed E-state index contributed by atoms with van der Waals surface area (Å²) in [6.07, 6.45) is 0. The number of hydrogen-bond donors (Lipinski definition) is 1. The Morgan fingerprint density at radius 2 is 1.14 bits per heavy atom. The Kier molecular flexibility index (Phi) is 7.02. The number of para-hydroxylation sites is 1. The lowest BCUT2D eigenvalue weighted by atomic mass is 9.87. The van der Waals surface area contributed by atoms with Gasteiger partial charge in [0, 0.05) is 16.4 Å². The minimum absolute atomic E-state index is 0.155. The van der Waals surface area contributed by atoms with Gasteiger partial charge in [0.25, 0.3) is 0 Å². The van der Waals surface area contributed by atoms with Crippen LogP contribution in [0.25, 0.3) is 33.4 Å². The minimum atomic E-state index is 0.155. The Labute approximate surface area is 213 Å². The first kappa shape index (κ1) is 23.7. The molecule has 0 aromatic heterocycles. The average Bonchev–Trinajstić information content (AvgIpc) is 2.94. The van der Waals surface area contributed by atoms with Crippen molar-refractivity contribution < 1.29 is 14.6 Å². The number of benzene rings is 5. The highest BCUT2D eigenvalue weighted by molar-refractivity contribution is 7.56. The standard InChI is InChI=1S/C32H27O3P/c1-34-28-21-20-26(31(35-2)32(28)36-29-19-10-9-18-27(29)33)30-24(22-12-5-3-6-13-22)16-11-17-25(30)23-14-7-4-8-15-23/h3-21,33,36H,1-2H3. The maximum Gasteiger partial charge on any atom is 0.138 e. The molecule has 0 radical (unpaired) electrons. The van der Waals surface area contributed by atoms with Crippen LogP contribution in [0.2, 0.25) is 0 Å². The molecule has 36 heavy (non-hydrogen) atoms. The van der Waals surface area contributed by atoms with Gasteiger partial charge in [-0.25, -0.2) is 0 Å². The van der Waals surface area contributed by atoms with Crippen molar-refractivity contribution in [2.75, 3.05) is 14.2 Å². The summed E-state index contributed by atoms with van der Waals surface area (Å²) in [5.41, 5.74) is 6.59. The topological polar surface area (TPSA) is 38.7 Å². The molecule has 3 nitrogen and oxygen atoms in total. The van der Waals surface area contributed by atoms with Gasteiger partial charge in [-0.15, -0.1) is 0 Å². The van der Waals surface area contributed by atoms with Crippen LogP contribution >= 0.6 is 8.58 Å².